The van der Waals surface area contributed by atoms with Gasteiger partial charge in [-0.05, 0) is 11.6 Å². The molecule has 0 unspecified atom stereocenters. The Labute approximate surface area is 151 Å². The van der Waals surface area contributed by atoms with E-state index in [9.17, 15) is 9.90 Å². The van der Waals surface area contributed by atoms with E-state index in [2.05, 4.69) is 4.98 Å². The number of hydrogen-bond acceptors (Lipinski definition) is 5. The van der Waals surface area contributed by atoms with E-state index in [1.807, 2.05) is 32.0 Å². The standard InChI is InChI=1S/C18H21ClN2O4/c1-11(2)17-15(20-10-25-17)18(23)21-7-8-24-14(9-22)16(21)12-5-3-4-6-13(12)19/h3-6,10-11,14,16,22H,7-9H2,1-2H3/t14-,16-/m0/s1. The van der Waals surface area contributed by atoms with Gasteiger partial charge in [0.2, 0.25) is 0 Å². The first-order valence-corrected chi connectivity index (χ1v) is 8.63. The first kappa shape index (κ1) is 17.9. The molecule has 1 N–H and O–H groups in total. The molecule has 0 bridgehead atoms. The second-order valence-electron chi connectivity index (χ2n) is 6.28. The molecule has 2 atom stereocenters. The second kappa shape index (κ2) is 7.56. The SMILES string of the molecule is CC(C)c1ocnc1C(=O)N1CCO[C@@H](CO)[C@@H]1c1ccccc1Cl. The number of nitrogens with zero attached hydrogens (tertiary/aromatic N) is 2. The van der Waals surface area contributed by atoms with Crippen molar-refractivity contribution in [3.05, 3.63) is 52.7 Å². The first-order chi connectivity index (χ1) is 12.0. The summed E-state index contributed by atoms with van der Waals surface area (Å²) < 4.78 is 11.1. The number of carbonyl (C=O) groups excluding carboxylic acids is 1. The van der Waals surface area contributed by atoms with Gasteiger partial charge in [0.25, 0.3) is 5.91 Å². The Kier molecular flexibility index (Phi) is 5.42. The lowest BCUT2D eigenvalue weighted by atomic mass is 9.97. The van der Waals surface area contributed by atoms with Gasteiger partial charge >= 0.3 is 0 Å². The van der Waals surface area contributed by atoms with Crippen molar-refractivity contribution in [2.45, 2.75) is 31.9 Å². The number of benzene rings is 1. The minimum atomic E-state index is -0.549. The van der Waals surface area contributed by atoms with Crippen LogP contribution in [0, 0.1) is 0 Å². The highest BCUT2D eigenvalue weighted by Gasteiger charge is 2.39. The van der Waals surface area contributed by atoms with Crippen LogP contribution in [0.25, 0.3) is 0 Å². The fourth-order valence-corrected chi connectivity index (χ4v) is 3.41. The molecule has 1 aromatic carbocycles. The van der Waals surface area contributed by atoms with Gasteiger partial charge in [0.05, 0.1) is 19.3 Å². The zero-order valence-electron chi connectivity index (χ0n) is 14.2. The highest BCUT2D eigenvalue weighted by Crippen LogP contribution is 2.35. The van der Waals surface area contributed by atoms with E-state index in [1.165, 1.54) is 6.39 Å². The molecule has 1 aliphatic heterocycles. The van der Waals surface area contributed by atoms with Crippen LogP contribution in [0.1, 0.15) is 47.6 Å². The van der Waals surface area contributed by atoms with Crippen molar-refractivity contribution in [3.8, 4) is 0 Å². The fourth-order valence-electron chi connectivity index (χ4n) is 3.16. The van der Waals surface area contributed by atoms with Crippen LogP contribution in [0.5, 0.6) is 0 Å². The van der Waals surface area contributed by atoms with Crippen molar-refractivity contribution in [3.63, 3.8) is 0 Å². The van der Waals surface area contributed by atoms with E-state index in [4.69, 9.17) is 20.8 Å². The van der Waals surface area contributed by atoms with Crippen molar-refractivity contribution in [1.29, 1.82) is 0 Å². The van der Waals surface area contributed by atoms with E-state index in [1.54, 1.807) is 11.0 Å². The molecule has 134 valence electrons. The normalized spacial score (nSPS) is 20.9. The largest absolute Gasteiger partial charge is 0.447 e. The van der Waals surface area contributed by atoms with Gasteiger partial charge in [-0.2, -0.15) is 0 Å². The summed E-state index contributed by atoms with van der Waals surface area (Å²) in [7, 11) is 0. The zero-order valence-corrected chi connectivity index (χ0v) is 14.9. The monoisotopic (exact) mass is 364 g/mol. The van der Waals surface area contributed by atoms with Crippen molar-refractivity contribution < 1.29 is 19.1 Å². The quantitative estimate of drug-likeness (QED) is 0.902. The third kappa shape index (κ3) is 3.42. The summed E-state index contributed by atoms with van der Waals surface area (Å²) in [6, 6.07) is 6.79. The summed E-state index contributed by atoms with van der Waals surface area (Å²) in [5, 5.41) is 10.3. The zero-order chi connectivity index (χ0) is 18.0. The molecular formula is C18H21ClN2O4. The van der Waals surface area contributed by atoms with Gasteiger partial charge in [0.15, 0.2) is 12.1 Å². The van der Waals surface area contributed by atoms with Crippen LogP contribution >= 0.6 is 11.6 Å². The van der Waals surface area contributed by atoms with E-state index < -0.39 is 12.1 Å². The number of aliphatic hydroxyl groups excluding tert-OH is 1. The molecule has 1 saturated heterocycles. The third-order valence-electron chi connectivity index (χ3n) is 4.34. The molecule has 1 fully saturated rings. The van der Waals surface area contributed by atoms with Gasteiger partial charge in [-0.15, -0.1) is 0 Å². The number of oxazole rings is 1. The summed E-state index contributed by atoms with van der Waals surface area (Å²) in [5.41, 5.74) is 1.04. The highest BCUT2D eigenvalue weighted by atomic mass is 35.5. The van der Waals surface area contributed by atoms with Crippen LogP contribution in [-0.2, 0) is 4.74 Å². The average Bonchev–Trinajstić information content (AvgIpc) is 3.11. The number of morpholine rings is 1. The second-order valence-corrected chi connectivity index (χ2v) is 6.68. The summed E-state index contributed by atoms with van der Waals surface area (Å²) in [4.78, 5) is 18.9. The number of aromatic nitrogens is 1. The molecule has 25 heavy (non-hydrogen) atoms. The number of aliphatic hydroxyl groups is 1. The molecule has 1 aliphatic rings. The Morgan fingerprint density at radius 2 is 2.20 bits per heavy atom. The Bertz CT molecular complexity index is 746. The van der Waals surface area contributed by atoms with Crippen molar-refractivity contribution in [2.75, 3.05) is 19.8 Å². The number of hydrogen-bond donors (Lipinski definition) is 1. The maximum absolute atomic E-state index is 13.2. The highest BCUT2D eigenvalue weighted by molar-refractivity contribution is 6.31. The lowest BCUT2D eigenvalue weighted by Crippen LogP contribution is -2.49. The molecule has 0 spiro atoms. The minimum absolute atomic E-state index is 0.0369. The predicted molar refractivity (Wildman–Crippen MR) is 92.6 cm³/mol. The van der Waals surface area contributed by atoms with Gasteiger partial charge in [-0.3, -0.25) is 4.79 Å². The van der Waals surface area contributed by atoms with Crippen LogP contribution < -0.4 is 0 Å². The van der Waals surface area contributed by atoms with Crippen LogP contribution in [0.4, 0.5) is 0 Å². The summed E-state index contributed by atoms with van der Waals surface area (Å²) >= 11 is 6.35. The molecule has 3 rings (SSSR count). The Hall–Kier alpha value is -1.89. The number of amides is 1. The summed E-state index contributed by atoms with van der Waals surface area (Å²) in [6.07, 6.45) is 0.740. The number of carbonyl (C=O) groups is 1. The molecule has 2 aromatic rings. The average molecular weight is 365 g/mol. The van der Waals surface area contributed by atoms with Gasteiger partial charge < -0.3 is 19.2 Å². The Balaban J connectivity index is 2.01. The van der Waals surface area contributed by atoms with Crippen LogP contribution in [-0.4, -0.2) is 46.8 Å². The summed E-state index contributed by atoms with van der Waals surface area (Å²) in [5.74, 6) is 0.342. The first-order valence-electron chi connectivity index (χ1n) is 8.25. The number of ether oxygens (including phenoxy) is 1. The molecule has 1 amide bonds. The lowest BCUT2D eigenvalue weighted by molar-refractivity contribution is -0.0812. The maximum Gasteiger partial charge on any atom is 0.276 e. The third-order valence-corrected chi connectivity index (χ3v) is 4.68. The molecule has 0 saturated carbocycles. The van der Waals surface area contributed by atoms with Crippen molar-refractivity contribution in [2.24, 2.45) is 0 Å². The van der Waals surface area contributed by atoms with Gasteiger partial charge in [-0.1, -0.05) is 43.6 Å². The van der Waals surface area contributed by atoms with Crippen LogP contribution in [0.15, 0.2) is 35.1 Å². The minimum Gasteiger partial charge on any atom is -0.447 e. The number of halogens is 1. The molecule has 2 heterocycles. The lowest BCUT2D eigenvalue weighted by Gasteiger charge is -2.41. The van der Waals surface area contributed by atoms with Crippen molar-refractivity contribution >= 4 is 17.5 Å². The predicted octanol–water partition coefficient (Wildman–Crippen LogP) is 3.03. The Morgan fingerprint density at radius 3 is 2.88 bits per heavy atom. The fraction of sp³-hybridized carbons (Fsp3) is 0.444. The molecule has 1 aromatic heterocycles. The van der Waals surface area contributed by atoms with Gasteiger partial charge in [-0.25, -0.2) is 4.98 Å². The maximum atomic E-state index is 13.2. The van der Waals surface area contributed by atoms with Crippen molar-refractivity contribution in [1.82, 2.24) is 9.88 Å². The van der Waals surface area contributed by atoms with E-state index in [0.717, 1.165) is 5.56 Å². The van der Waals surface area contributed by atoms with Crippen LogP contribution in [0.2, 0.25) is 5.02 Å². The van der Waals surface area contributed by atoms with Crippen LogP contribution in [0.3, 0.4) is 0 Å². The molecule has 0 radical (unpaired) electrons. The molecule has 7 heteroatoms. The topological polar surface area (TPSA) is 75.8 Å². The molecule has 0 aliphatic carbocycles. The molecule has 6 nitrogen and oxygen atoms in total. The Morgan fingerprint density at radius 1 is 1.44 bits per heavy atom. The number of rotatable bonds is 4. The van der Waals surface area contributed by atoms with E-state index in [-0.39, 0.29) is 18.4 Å². The van der Waals surface area contributed by atoms with Gasteiger partial charge in [0.1, 0.15) is 11.9 Å². The van der Waals surface area contributed by atoms with Gasteiger partial charge in [0, 0.05) is 17.5 Å². The van der Waals surface area contributed by atoms with E-state index >= 15 is 0 Å². The summed E-state index contributed by atoms with van der Waals surface area (Å²) in [6.45, 7) is 4.40. The molecular weight excluding hydrogens is 344 g/mol. The van der Waals surface area contributed by atoms with E-state index in [0.29, 0.717) is 29.6 Å². The smallest absolute Gasteiger partial charge is 0.276 e.